The van der Waals surface area contributed by atoms with Crippen molar-refractivity contribution in [2.45, 2.75) is 12.5 Å². The molecule has 0 aliphatic carbocycles. The predicted molar refractivity (Wildman–Crippen MR) is 81.2 cm³/mol. The lowest BCUT2D eigenvalue weighted by Crippen LogP contribution is -2.29. The van der Waals surface area contributed by atoms with Gasteiger partial charge in [-0.15, -0.1) is 0 Å². The fourth-order valence-corrected chi connectivity index (χ4v) is 2.04. The van der Waals surface area contributed by atoms with Gasteiger partial charge in [0, 0.05) is 18.7 Å². The van der Waals surface area contributed by atoms with E-state index < -0.39 is 16.8 Å². The van der Waals surface area contributed by atoms with E-state index in [9.17, 15) is 24.4 Å². The third-order valence-corrected chi connectivity index (χ3v) is 3.23. The summed E-state index contributed by atoms with van der Waals surface area (Å²) in [6, 6.07) is 11.1. The van der Waals surface area contributed by atoms with E-state index in [0.717, 1.165) is 0 Å². The fraction of sp³-hybridized carbons (Fsp3) is 0.188. The maximum atomic E-state index is 12.8. The van der Waals surface area contributed by atoms with E-state index in [1.165, 1.54) is 42.5 Å². The van der Waals surface area contributed by atoms with Gasteiger partial charge in [-0.25, -0.2) is 4.39 Å². The summed E-state index contributed by atoms with van der Waals surface area (Å²) in [6.07, 6.45) is -0.984. The SMILES string of the molecule is O=C(Cc1cccc([N+](=O)[O-])c1)NCC(O)c1ccc(F)cc1. The molecular weight excluding hydrogens is 303 g/mol. The van der Waals surface area contributed by atoms with Gasteiger partial charge in [0.1, 0.15) is 5.82 Å². The van der Waals surface area contributed by atoms with Crippen molar-refractivity contribution in [1.82, 2.24) is 5.32 Å². The minimum absolute atomic E-state index is 0.0284. The highest BCUT2D eigenvalue weighted by atomic mass is 19.1. The van der Waals surface area contributed by atoms with Crippen LogP contribution in [0.1, 0.15) is 17.2 Å². The van der Waals surface area contributed by atoms with Crippen molar-refractivity contribution in [1.29, 1.82) is 0 Å². The Morgan fingerprint density at radius 2 is 1.96 bits per heavy atom. The molecule has 0 saturated carbocycles. The molecule has 0 heterocycles. The number of nitrogens with zero attached hydrogens (tertiary/aromatic N) is 1. The largest absolute Gasteiger partial charge is 0.387 e. The third kappa shape index (κ3) is 4.86. The molecule has 120 valence electrons. The summed E-state index contributed by atoms with van der Waals surface area (Å²) in [6.45, 7) is -0.0284. The van der Waals surface area contributed by atoms with Crippen LogP contribution in [0.15, 0.2) is 48.5 Å². The number of rotatable bonds is 6. The molecule has 2 N–H and O–H groups in total. The average molecular weight is 318 g/mol. The molecule has 23 heavy (non-hydrogen) atoms. The van der Waals surface area contributed by atoms with E-state index in [0.29, 0.717) is 11.1 Å². The first-order valence-corrected chi connectivity index (χ1v) is 6.89. The Bertz CT molecular complexity index is 703. The second-order valence-electron chi connectivity index (χ2n) is 4.98. The minimum atomic E-state index is -0.954. The Hall–Kier alpha value is -2.80. The Morgan fingerprint density at radius 3 is 2.61 bits per heavy atom. The van der Waals surface area contributed by atoms with Gasteiger partial charge < -0.3 is 10.4 Å². The average Bonchev–Trinajstić information content (AvgIpc) is 2.53. The van der Waals surface area contributed by atoms with Gasteiger partial charge in [0.25, 0.3) is 5.69 Å². The number of benzene rings is 2. The molecule has 0 aromatic heterocycles. The fourth-order valence-electron chi connectivity index (χ4n) is 2.04. The van der Waals surface area contributed by atoms with Crippen LogP contribution in [0.25, 0.3) is 0 Å². The molecule has 1 unspecified atom stereocenters. The second kappa shape index (κ2) is 7.46. The van der Waals surface area contributed by atoms with Gasteiger partial charge in [-0.3, -0.25) is 14.9 Å². The van der Waals surface area contributed by atoms with Crippen molar-refractivity contribution in [3.63, 3.8) is 0 Å². The number of nitrogens with one attached hydrogen (secondary N) is 1. The Morgan fingerprint density at radius 1 is 1.26 bits per heavy atom. The van der Waals surface area contributed by atoms with Crippen LogP contribution < -0.4 is 5.32 Å². The molecule has 2 aromatic rings. The van der Waals surface area contributed by atoms with Gasteiger partial charge >= 0.3 is 0 Å². The molecule has 0 spiro atoms. The van der Waals surface area contributed by atoms with E-state index in [2.05, 4.69) is 5.32 Å². The topological polar surface area (TPSA) is 92.5 Å². The number of carbonyl (C=O) groups excluding carboxylic acids is 1. The molecule has 0 saturated heterocycles. The predicted octanol–water partition coefficient (Wildman–Crippen LogP) is 2.13. The number of non-ortho nitro benzene ring substituents is 1. The molecule has 1 amide bonds. The Balaban J connectivity index is 1.88. The maximum absolute atomic E-state index is 12.8. The van der Waals surface area contributed by atoms with Crippen LogP contribution in [0.2, 0.25) is 0 Å². The number of nitro groups is 1. The molecule has 6 nitrogen and oxygen atoms in total. The summed E-state index contributed by atoms with van der Waals surface area (Å²) in [4.78, 5) is 22.0. The highest BCUT2D eigenvalue weighted by molar-refractivity contribution is 5.78. The van der Waals surface area contributed by atoms with Crippen molar-refractivity contribution >= 4 is 11.6 Å². The quantitative estimate of drug-likeness (QED) is 0.630. The lowest BCUT2D eigenvalue weighted by Gasteiger charge is -2.12. The highest BCUT2D eigenvalue weighted by Gasteiger charge is 2.12. The highest BCUT2D eigenvalue weighted by Crippen LogP contribution is 2.14. The molecule has 0 aliphatic rings. The van der Waals surface area contributed by atoms with Gasteiger partial charge in [0.2, 0.25) is 5.91 Å². The second-order valence-corrected chi connectivity index (χ2v) is 4.98. The van der Waals surface area contributed by atoms with Gasteiger partial charge in [-0.05, 0) is 23.3 Å². The number of carbonyl (C=O) groups is 1. The van der Waals surface area contributed by atoms with Crippen molar-refractivity contribution in [2.75, 3.05) is 6.54 Å². The number of nitro benzene ring substituents is 1. The van der Waals surface area contributed by atoms with Crippen LogP contribution >= 0.6 is 0 Å². The van der Waals surface area contributed by atoms with Crippen molar-refractivity contribution in [3.05, 3.63) is 75.6 Å². The lowest BCUT2D eigenvalue weighted by atomic mass is 10.1. The number of halogens is 1. The number of hydrogen-bond acceptors (Lipinski definition) is 4. The number of amides is 1. The van der Waals surface area contributed by atoms with Crippen molar-refractivity contribution < 1.29 is 19.2 Å². The third-order valence-electron chi connectivity index (χ3n) is 3.23. The molecule has 1 atom stereocenters. The summed E-state index contributed by atoms with van der Waals surface area (Å²) in [5, 5.41) is 23.1. The molecule has 7 heteroatoms. The zero-order valence-corrected chi connectivity index (χ0v) is 12.1. The molecule has 0 aliphatic heterocycles. The number of hydrogen-bond donors (Lipinski definition) is 2. The van der Waals surface area contributed by atoms with Crippen molar-refractivity contribution in [2.24, 2.45) is 0 Å². The molecule has 0 bridgehead atoms. The van der Waals surface area contributed by atoms with E-state index in [4.69, 9.17) is 0 Å². The van der Waals surface area contributed by atoms with E-state index in [1.54, 1.807) is 6.07 Å². The molecule has 0 radical (unpaired) electrons. The zero-order valence-electron chi connectivity index (χ0n) is 12.1. The van der Waals surface area contributed by atoms with Crippen LogP contribution in [0.5, 0.6) is 0 Å². The van der Waals surface area contributed by atoms with Crippen LogP contribution in [-0.2, 0) is 11.2 Å². The first kappa shape index (κ1) is 16.6. The van der Waals surface area contributed by atoms with Gasteiger partial charge in [-0.2, -0.15) is 0 Å². The van der Waals surface area contributed by atoms with E-state index >= 15 is 0 Å². The smallest absolute Gasteiger partial charge is 0.269 e. The zero-order chi connectivity index (χ0) is 16.8. The summed E-state index contributed by atoms with van der Waals surface area (Å²) < 4.78 is 12.8. The Labute approximate surface area is 131 Å². The molecular formula is C16H15FN2O4. The lowest BCUT2D eigenvalue weighted by molar-refractivity contribution is -0.384. The van der Waals surface area contributed by atoms with Crippen LogP contribution in [0, 0.1) is 15.9 Å². The van der Waals surface area contributed by atoms with Crippen LogP contribution in [0.3, 0.4) is 0 Å². The van der Waals surface area contributed by atoms with Crippen LogP contribution in [0.4, 0.5) is 10.1 Å². The standard InChI is InChI=1S/C16H15FN2O4/c17-13-6-4-12(5-7-13)15(20)10-18-16(21)9-11-2-1-3-14(8-11)19(22)23/h1-8,15,20H,9-10H2,(H,18,21). The van der Waals surface area contributed by atoms with E-state index in [1.807, 2.05) is 0 Å². The van der Waals surface area contributed by atoms with Crippen LogP contribution in [-0.4, -0.2) is 22.5 Å². The maximum Gasteiger partial charge on any atom is 0.269 e. The number of aliphatic hydroxyl groups excluding tert-OH is 1. The molecule has 0 fully saturated rings. The summed E-state index contributed by atoms with van der Waals surface area (Å²) >= 11 is 0. The Kier molecular flexibility index (Phi) is 5.37. The normalized spacial score (nSPS) is 11.7. The number of aliphatic hydroxyl groups is 1. The van der Waals surface area contributed by atoms with E-state index in [-0.39, 0.29) is 24.6 Å². The minimum Gasteiger partial charge on any atom is -0.387 e. The monoisotopic (exact) mass is 318 g/mol. The molecule has 2 rings (SSSR count). The van der Waals surface area contributed by atoms with Gasteiger partial charge in [-0.1, -0.05) is 24.3 Å². The first-order valence-electron chi connectivity index (χ1n) is 6.89. The van der Waals surface area contributed by atoms with Gasteiger partial charge in [0.05, 0.1) is 17.4 Å². The summed E-state index contributed by atoms with van der Waals surface area (Å²) in [5.41, 5.74) is 0.914. The summed E-state index contributed by atoms with van der Waals surface area (Å²) in [5.74, 6) is -0.776. The summed E-state index contributed by atoms with van der Waals surface area (Å²) in [7, 11) is 0. The molecule has 2 aromatic carbocycles. The van der Waals surface area contributed by atoms with Gasteiger partial charge in [0.15, 0.2) is 0 Å². The first-order chi connectivity index (χ1) is 11.0. The van der Waals surface area contributed by atoms with Crippen molar-refractivity contribution in [3.8, 4) is 0 Å².